The summed E-state index contributed by atoms with van der Waals surface area (Å²) in [6, 6.07) is 3.25. The normalized spacial score (nSPS) is 9.67. The van der Waals surface area contributed by atoms with E-state index in [1.54, 1.807) is 6.92 Å². The predicted molar refractivity (Wildman–Crippen MR) is 57.4 cm³/mol. The van der Waals surface area contributed by atoms with E-state index in [4.69, 9.17) is 15.1 Å². The highest BCUT2D eigenvalue weighted by molar-refractivity contribution is 6.04. The quantitative estimate of drug-likeness (QED) is 0.471. The number of rotatable bonds is 4. The van der Waals surface area contributed by atoms with Crippen LogP contribution in [0.4, 0.5) is 0 Å². The van der Waals surface area contributed by atoms with Crippen molar-refractivity contribution in [2.45, 2.75) is 6.92 Å². The Hall–Kier alpha value is -2.41. The molecule has 0 heterocycles. The van der Waals surface area contributed by atoms with Gasteiger partial charge >= 0.3 is 17.9 Å². The molecule has 0 aliphatic heterocycles. The Morgan fingerprint density at radius 3 is 2.33 bits per heavy atom. The predicted octanol–water partition coefficient (Wildman–Crippen LogP) is 1.19. The van der Waals surface area contributed by atoms with Gasteiger partial charge in [-0.25, -0.2) is 14.4 Å². The number of hydrogen-bond acceptors (Lipinski definition) is 6. The summed E-state index contributed by atoms with van der Waals surface area (Å²) in [5, 5.41) is 17.1. The van der Waals surface area contributed by atoms with E-state index in [-0.39, 0.29) is 17.7 Å². The Labute approximate surface area is 101 Å². The van der Waals surface area contributed by atoms with Gasteiger partial charge in [0.15, 0.2) is 0 Å². The zero-order chi connectivity index (χ0) is 13.7. The number of ether oxygens (including phenoxy) is 1. The molecule has 0 fully saturated rings. The molecule has 0 aromatic heterocycles. The minimum atomic E-state index is -1.43. The summed E-state index contributed by atoms with van der Waals surface area (Å²) >= 11 is 0. The highest BCUT2D eigenvalue weighted by Gasteiger charge is 2.20. The first kappa shape index (κ1) is 13.7. The molecule has 0 radical (unpaired) electrons. The fraction of sp³-hybridized carbons (Fsp3) is 0.182. The average Bonchev–Trinajstić information content (AvgIpc) is 2.37. The lowest BCUT2D eigenvalue weighted by Crippen LogP contribution is -2.13. The van der Waals surface area contributed by atoms with Gasteiger partial charge in [0.05, 0.1) is 23.3 Å². The van der Waals surface area contributed by atoms with Crippen LogP contribution in [0.15, 0.2) is 18.2 Å². The molecule has 1 aromatic carbocycles. The lowest BCUT2D eigenvalue weighted by Gasteiger charge is -2.06. The maximum absolute atomic E-state index is 11.4. The van der Waals surface area contributed by atoms with Crippen molar-refractivity contribution in [1.82, 2.24) is 0 Å². The zero-order valence-corrected chi connectivity index (χ0v) is 9.37. The number of carbonyl (C=O) groups is 3. The van der Waals surface area contributed by atoms with E-state index >= 15 is 0 Å². The molecule has 0 amide bonds. The highest BCUT2D eigenvalue weighted by atomic mass is 17.1. The van der Waals surface area contributed by atoms with Gasteiger partial charge in [0, 0.05) is 0 Å². The zero-order valence-electron chi connectivity index (χ0n) is 9.37. The van der Waals surface area contributed by atoms with Crippen molar-refractivity contribution in [3.05, 3.63) is 34.9 Å². The molecule has 18 heavy (non-hydrogen) atoms. The van der Waals surface area contributed by atoms with Crippen LogP contribution in [0.2, 0.25) is 0 Å². The first-order valence-corrected chi connectivity index (χ1v) is 4.91. The summed E-state index contributed by atoms with van der Waals surface area (Å²) in [5.74, 6) is -3.35. The Morgan fingerprint density at radius 1 is 1.17 bits per heavy atom. The summed E-state index contributed by atoms with van der Waals surface area (Å²) in [5.41, 5.74) is -0.832. The van der Waals surface area contributed by atoms with Crippen molar-refractivity contribution in [3.8, 4) is 0 Å². The third kappa shape index (κ3) is 2.83. The number of carboxylic acid groups (broad SMARTS) is 1. The van der Waals surface area contributed by atoms with E-state index in [9.17, 15) is 14.4 Å². The Kier molecular flexibility index (Phi) is 4.39. The third-order valence-electron chi connectivity index (χ3n) is 2.06. The largest absolute Gasteiger partial charge is 0.478 e. The second kappa shape index (κ2) is 5.78. The van der Waals surface area contributed by atoms with Crippen LogP contribution in [-0.4, -0.2) is 34.9 Å². The number of carbonyl (C=O) groups excluding carboxylic acids is 2. The van der Waals surface area contributed by atoms with Crippen LogP contribution in [0, 0.1) is 0 Å². The molecule has 0 atom stereocenters. The molecule has 0 unspecified atom stereocenters. The minimum absolute atomic E-state index is 0.0104. The van der Waals surface area contributed by atoms with E-state index in [1.165, 1.54) is 6.07 Å². The molecule has 7 nitrogen and oxygen atoms in total. The van der Waals surface area contributed by atoms with Gasteiger partial charge in [0.2, 0.25) is 0 Å². The van der Waals surface area contributed by atoms with Crippen molar-refractivity contribution < 1.29 is 34.4 Å². The molecule has 0 aliphatic rings. The summed E-state index contributed by atoms with van der Waals surface area (Å²) < 4.78 is 4.69. The van der Waals surface area contributed by atoms with Crippen LogP contribution in [0.25, 0.3) is 0 Å². The minimum Gasteiger partial charge on any atom is -0.478 e. The first-order chi connectivity index (χ1) is 8.51. The van der Waals surface area contributed by atoms with Crippen LogP contribution < -0.4 is 0 Å². The molecule has 1 aromatic rings. The number of benzene rings is 1. The van der Waals surface area contributed by atoms with Gasteiger partial charge in [-0.1, -0.05) is 0 Å². The van der Waals surface area contributed by atoms with Gasteiger partial charge in [0.25, 0.3) is 0 Å². The molecule has 96 valence electrons. The highest BCUT2D eigenvalue weighted by Crippen LogP contribution is 2.14. The van der Waals surface area contributed by atoms with E-state index in [0.29, 0.717) is 0 Å². The molecule has 0 spiro atoms. The Balaban J connectivity index is 3.23. The topological polar surface area (TPSA) is 110 Å². The molecule has 2 N–H and O–H groups in total. The average molecular weight is 254 g/mol. The van der Waals surface area contributed by atoms with Crippen LogP contribution in [0.5, 0.6) is 0 Å². The van der Waals surface area contributed by atoms with Gasteiger partial charge in [-0.2, -0.15) is 5.26 Å². The summed E-state index contributed by atoms with van der Waals surface area (Å²) in [6.07, 6.45) is 0. The van der Waals surface area contributed by atoms with E-state index in [0.717, 1.165) is 12.1 Å². The fourth-order valence-corrected chi connectivity index (χ4v) is 1.29. The van der Waals surface area contributed by atoms with Gasteiger partial charge in [-0.3, -0.25) is 4.89 Å². The Bertz CT molecular complexity index is 492. The standard InChI is InChI=1S/C11H10O7/c1-2-17-10(14)6-3-4-7(11(15)18-16)8(5-6)9(12)13/h3-5,16H,2H2,1H3,(H,12,13). The summed E-state index contributed by atoms with van der Waals surface area (Å²) in [7, 11) is 0. The van der Waals surface area contributed by atoms with Crippen molar-refractivity contribution in [2.75, 3.05) is 6.61 Å². The van der Waals surface area contributed by atoms with E-state index in [1.807, 2.05) is 0 Å². The molecule has 0 aliphatic carbocycles. The van der Waals surface area contributed by atoms with Crippen LogP contribution in [0.1, 0.15) is 38.0 Å². The van der Waals surface area contributed by atoms with Crippen LogP contribution >= 0.6 is 0 Å². The monoisotopic (exact) mass is 254 g/mol. The maximum atomic E-state index is 11.4. The number of aromatic carboxylic acids is 1. The lowest BCUT2D eigenvalue weighted by molar-refractivity contribution is -0.182. The second-order valence-corrected chi connectivity index (χ2v) is 3.16. The molecule has 1 rings (SSSR count). The van der Waals surface area contributed by atoms with Gasteiger partial charge < -0.3 is 9.84 Å². The second-order valence-electron chi connectivity index (χ2n) is 3.16. The van der Waals surface area contributed by atoms with Crippen molar-refractivity contribution in [3.63, 3.8) is 0 Å². The summed E-state index contributed by atoms with van der Waals surface area (Å²) in [6.45, 7) is 1.75. The smallest absolute Gasteiger partial charge is 0.373 e. The molecule has 0 saturated heterocycles. The van der Waals surface area contributed by atoms with Crippen LogP contribution in [-0.2, 0) is 9.62 Å². The fourth-order valence-electron chi connectivity index (χ4n) is 1.29. The SMILES string of the molecule is CCOC(=O)c1ccc(C(=O)OO)c(C(=O)O)c1. The van der Waals surface area contributed by atoms with Crippen molar-refractivity contribution in [1.29, 1.82) is 0 Å². The molecular formula is C11H10O7. The number of carboxylic acids is 1. The van der Waals surface area contributed by atoms with E-state index < -0.39 is 23.5 Å². The van der Waals surface area contributed by atoms with Gasteiger partial charge in [0.1, 0.15) is 0 Å². The first-order valence-electron chi connectivity index (χ1n) is 4.91. The molecule has 0 bridgehead atoms. The van der Waals surface area contributed by atoms with Gasteiger partial charge in [-0.15, -0.1) is 0 Å². The number of esters is 1. The van der Waals surface area contributed by atoms with Crippen LogP contribution in [0.3, 0.4) is 0 Å². The Morgan fingerprint density at radius 2 is 1.83 bits per heavy atom. The molecule has 0 saturated carbocycles. The maximum Gasteiger partial charge on any atom is 0.373 e. The molecule has 7 heteroatoms. The lowest BCUT2D eigenvalue weighted by atomic mass is 10.0. The van der Waals surface area contributed by atoms with Crippen molar-refractivity contribution in [2.24, 2.45) is 0 Å². The van der Waals surface area contributed by atoms with E-state index in [2.05, 4.69) is 4.89 Å². The third-order valence-corrected chi connectivity index (χ3v) is 2.06. The van der Waals surface area contributed by atoms with Crippen molar-refractivity contribution >= 4 is 17.9 Å². The number of hydrogen-bond donors (Lipinski definition) is 2. The summed E-state index contributed by atoms with van der Waals surface area (Å²) in [4.78, 5) is 36.9. The molecular weight excluding hydrogens is 244 g/mol. The van der Waals surface area contributed by atoms with Gasteiger partial charge in [-0.05, 0) is 25.1 Å².